The van der Waals surface area contributed by atoms with E-state index in [-0.39, 0.29) is 0 Å². The molecule has 6 heterocycles. The summed E-state index contributed by atoms with van der Waals surface area (Å²) in [7, 11) is 0. The zero-order valence-corrected chi connectivity index (χ0v) is 32.5. The van der Waals surface area contributed by atoms with Crippen molar-refractivity contribution in [1.29, 1.82) is 0 Å². The summed E-state index contributed by atoms with van der Waals surface area (Å²) in [4.78, 5) is 4.71. The minimum atomic E-state index is -2.73. The van der Waals surface area contributed by atoms with Crippen LogP contribution < -0.4 is 60.6 Å². The molecule has 8 aromatic rings. The number of hydrogen-bond acceptors (Lipinski definition) is 8. The third-order valence-electron chi connectivity index (χ3n) is 11.9. The molecule has 0 aliphatic carbocycles. The second kappa shape index (κ2) is 10.1. The van der Waals surface area contributed by atoms with Crippen LogP contribution in [0.3, 0.4) is 0 Å². The van der Waals surface area contributed by atoms with Crippen LogP contribution in [0.1, 0.15) is 0 Å². The van der Waals surface area contributed by atoms with Gasteiger partial charge in [-0.25, -0.2) is 0 Å². The fourth-order valence-electron chi connectivity index (χ4n) is 9.84. The largest absolute Gasteiger partial charge is 0.456 e. The van der Waals surface area contributed by atoms with E-state index in [0.29, 0.717) is 0 Å². The van der Waals surface area contributed by atoms with Crippen LogP contribution in [-0.2, 0) is 23.6 Å². The quantitative estimate of drug-likeness (QED) is 0.160. The van der Waals surface area contributed by atoms with E-state index in [4.69, 9.17) is 42.6 Å². The van der Waals surface area contributed by atoms with E-state index >= 15 is 0 Å². The van der Waals surface area contributed by atoms with Crippen molar-refractivity contribution in [3.05, 3.63) is 146 Å². The summed E-state index contributed by atoms with van der Waals surface area (Å²) >= 11 is 14.3. The molecule has 0 fully saturated rings. The molecule has 0 aromatic heterocycles. The number of anilines is 6. The Kier molecular flexibility index (Phi) is 5.47. The number of benzene rings is 8. The number of hydrogen-bond donors (Lipinski definition) is 0. The minimum Gasteiger partial charge on any atom is -0.456 e. The maximum atomic E-state index is 7.22. The molecule has 14 rings (SSSR count). The van der Waals surface area contributed by atoms with Crippen LogP contribution in [0.5, 0.6) is 46.0 Å². The molecule has 2 unspecified atom stereocenters. The van der Waals surface area contributed by atoms with Crippen molar-refractivity contribution in [1.82, 2.24) is 0 Å². The highest BCUT2D eigenvalue weighted by Crippen LogP contribution is 2.69. The molecule has 0 spiro atoms. The molecular formula is C46H24N2O4P2S2. The standard InChI is InChI=1S/C46H24N2O4P2S2/c55-53-41-29-15-7-17-32(41)49-35-20-10-22-37(45(35)53)52-40-28-24-38-46-39(27(28)23-31(43(40)53)47(29)25-11-3-1-4-12-25)48(26-13-5-2-6-14-26)30-16-8-18-33-42(30)54(46,56)44-34(50-33)19-9-21-36(44)51-38/h1-24H. The van der Waals surface area contributed by atoms with E-state index in [1.54, 1.807) is 0 Å². The van der Waals surface area contributed by atoms with Gasteiger partial charge in [-0.2, -0.15) is 0 Å². The van der Waals surface area contributed by atoms with Crippen LogP contribution in [-0.4, -0.2) is 0 Å². The number of nitrogens with zero attached hydrogens (tertiary/aromatic N) is 2. The predicted octanol–water partition coefficient (Wildman–Crippen LogP) is 10.3. The summed E-state index contributed by atoms with van der Waals surface area (Å²) in [6.45, 7) is 0. The van der Waals surface area contributed by atoms with Crippen LogP contribution >= 0.6 is 12.1 Å². The second-order valence-corrected chi connectivity index (χ2v) is 23.1. The molecule has 0 bridgehead atoms. The number of ether oxygens (including phenoxy) is 4. The van der Waals surface area contributed by atoms with Crippen LogP contribution in [0.25, 0.3) is 10.8 Å². The fourth-order valence-corrected chi connectivity index (χ4v) is 19.9. The first-order valence-corrected chi connectivity index (χ1v) is 24.0. The summed E-state index contributed by atoms with van der Waals surface area (Å²) in [6, 6.07) is 44.8. The van der Waals surface area contributed by atoms with Gasteiger partial charge in [-0.05, 0) is 84.9 Å². The van der Waals surface area contributed by atoms with Crippen LogP contribution in [0.2, 0.25) is 0 Å². The van der Waals surface area contributed by atoms with E-state index in [2.05, 4.69) is 119 Å². The molecule has 0 amide bonds. The monoisotopic (exact) mass is 794 g/mol. The third-order valence-corrected chi connectivity index (χ3v) is 21.6. The summed E-state index contributed by atoms with van der Waals surface area (Å²) in [5.74, 6) is 6.09. The van der Waals surface area contributed by atoms with Gasteiger partial charge < -0.3 is 28.7 Å². The smallest absolute Gasteiger partial charge is 0.146 e. The topological polar surface area (TPSA) is 43.4 Å². The molecule has 264 valence electrons. The molecule has 0 radical (unpaired) electrons. The van der Waals surface area contributed by atoms with E-state index in [1.165, 1.54) is 0 Å². The third kappa shape index (κ3) is 3.37. The first-order valence-electron chi connectivity index (χ1n) is 18.4. The van der Waals surface area contributed by atoms with E-state index in [1.807, 2.05) is 36.4 Å². The maximum Gasteiger partial charge on any atom is 0.146 e. The molecule has 6 nitrogen and oxygen atoms in total. The molecule has 6 aliphatic rings. The van der Waals surface area contributed by atoms with Crippen molar-refractivity contribution in [2.75, 3.05) is 9.80 Å². The van der Waals surface area contributed by atoms with Crippen molar-refractivity contribution in [3.8, 4) is 46.0 Å². The predicted molar refractivity (Wildman–Crippen MR) is 233 cm³/mol. The van der Waals surface area contributed by atoms with Crippen LogP contribution in [0.4, 0.5) is 34.1 Å². The Labute approximate surface area is 331 Å². The van der Waals surface area contributed by atoms with Crippen LogP contribution in [0.15, 0.2) is 146 Å². The molecule has 0 saturated heterocycles. The van der Waals surface area contributed by atoms with Crippen molar-refractivity contribution >= 4 is 112 Å². The number of para-hydroxylation sites is 2. The molecule has 0 N–H and O–H groups in total. The summed E-state index contributed by atoms with van der Waals surface area (Å²) < 4.78 is 27.6. The van der Waals surface area contributed by atoms with Gasteiger partial charge in [0, 0.05) is 22.1 Å². The number of rotatable bonds is 2. The first-order chi connectivity index (χ1) is 27.5. The summed E-state index contributed by atoms with van der Waals surface area (Å²) in [5.41, 5.74) is 6.07. The summed E-state index contributed by atoms with van der Waals surface area (Å²) in [5, 5.41) is 8.03. The van der Waals surface area contributed by atoms with Gasteiger partial charge in [-0.3, -0.25) is 0 Å². The Morgan fingerprint density at radius 3 is 1.41 bits per heavy atom. The Morgan fingerprint density at radius 1 is 0.357 bits per heavy atom. The Morgan fingerprint density at radius 2 is 0.821 bits per heavy atom. The minimum absolute atomic E-state index is 0.735. The lowest BCUT2D eigenvalue weighted by Gasteiger charge is -2.48. The SMILES string of the molecule is S=P12c3c4cccc3Oc3c1c(cc1c5c6c(cc31)Oc1cccc3c1P6(=S)c1c(cccc1N5c1ccccc1)O3)N(c1ccccc1)c1cccc(c12)O4. The highest BCUT2D eigenvalue weighted by atomic mass is 32.4. The Balaban J connectivity index is 1.20. The molecule has 0 saturated carbocycles. The van der Waals surface area contributed by atoms with Gasteiger partial charge in [0.25, 0.3) is 0 Å². The normalized spacial score (nSPS) is 19.9. The van der Waals surface area contributed by atoms with Gasteiger partial charge in [-0.15, -0.1) is 0 Å². The lowest BCUT2D eigenvalue weighted by Crippen LogP contribution is -2.43. The van der Waals surface area contributed by atoms with Crippen LogP contribution in [0, 0.1) is 0 Å². The van der Waals surface area contributed by atoms with Crippen molar-refractivity contribution < 1.29 is 18.9 Å². The van der Waals surface area contributed by atoms with Gasteiger partial charge in [-0.1, -0.05) is 84.3 Å². The van der Waals surface area contributed by atoms with Gasteiger partial charge in [0.15, 0.2) is 0 Å². The van der Waals surface area contributed by atoms with E-state index < -0.39 is 12.1 Å². The van der Waals surface area contributed by atoms with Gasteiger partial charge in [0.05, 0.1) is 66.7 Å². The molecule has 6 aliphatic heterocycles. The molecule has 10 heteroatoms. The van der Waals surface area contributed by atoms with Crippen molar-refractivity contribution in [3.63, 3.8) is 0 Å². The molecular weight excluding hydrogens is 771 g/mol. The lowest BCUT2D eigenvalue weighted by molar-refractivity contribution is 0.464. The zero-order chi connectivity index (χ0) is 36.7. The maximum absolute atomic E-state index is 7.22. The Bertz CT molecular complexity index is 3250. The molecule has 2 atom stereocenters. The average Bonchev–Trinajstić information content (AvgIpc) is 3.21. The summed E-state index contributed by atoms with van der Waals surface area (Å²) in [6.07, 6.45) is 0. The highest BCUT2D eigenvalue weighted by Gasteiger charge is 2.53. The Hall–Kier alpha value is -5.88. The van der Waals surface area contributed by atoms with Gasteiger partial charge in [0.1, 0.15) is 46.0 Å². The molecule has 8 aromatic carbocycles. The fraction of sp³-hybridized carbons (Fsp3) is 0. The van der Waals surface area contributed by atoms with E-state index in [0.717, 1.165) is 123 Å². The van der Waals surface area contributed by atoms with Gasteiger partial charge >= 0.3 is 0 Å². The highest BCUT2D eigenvalue weighted by molar-refractivity contribution is 8.26. The van der Waals surface area contributed by atoms with Crippen molar-refractivity contribution in [2.45, 2.75) is 0 Å². The molecule has 56 heavy (non-hydrogen) atoms. The zero-order valence-electron chi connectivity index (χ0n) is 29.1. The lowest BCUT2D eigenvalue weighted by atomic mass is 10.0. The average molecular weight is 795 g/mol. The van der Waals surface area contributed by atoms with Crippen molar-refractivity contribution in [2.24, 2.45) is 0 Å². The van der Waals surface area contributed by atoms with E-state index in [9.17, 15) is 0 Å². The second-order valence-electron chi connectivity index (χ2n) is 14.7. The number of fused-ring (bicyclic) bond motifs is 3. The first kappa shape index (κ1) is 30.4. The van der Waals surface area contributed by atoms with Gasteiger partial charge in [0.2, 0.25) is 0 Å².